The fourth-order valence-corrected chi connectivity index (χ4v) is 5.54. The van der Waals surface area contributed by atoms with Crippen LogP contribution in [0.25, 0.3) is 0 Å². The maximum absolute atomic E-state index is 12.3. The van der Waals surface area contributed by atoms with E-state index >= 15 is 0 Å². The van der Waals surface area contributed by atoms with E-state index in [1.807, 2.05) is 0 Å². The standard InChI is InChI=1S/C11H14Br3NO4S2/c1-3-15(4-2)21(18,19)10-7-5-9(6-8-10)20(16,17)11(12,13)14/h5-8H,3-4H2,1-2H3. The van der Waals surface area contributed by atoms with Gasteiger partial charge >= 0.3 is 0 Å². The fourth-order valence-electron chi connectivity index (χ4n) is 1.64. The maximum Gasteiger partial charge on any atom is 0.243 e. The number of sulfonamides is 1. The third-order valence-corrected chi connectivity index (χ3v) is 10.2. The van der Waals surface area contributed by atoms with Crippen molar-refractivity contribution in [2.45, 2.75) is 25.1 Å². The molecule has 0 aliphatic carbocycles. The zero-order chi connectivity index (χ0) is 16.5. The van der Waals surface area contributed by atoms with Crippen LogP contribution in [0.5, 0.6) is 0 Å². The first-order valence-corrected chi connectivity index (χ1v) is 11.2. The average Bonchev–Trinajstić information content (AvgIpc) is 2.38. The zero-order valence-electron chi connectivity index (χ0n) is 11.3. The molecule has 0 saturated heterocycles. The Bertz CT molecular complexity index is 690. The molecule has 5 nitrogen and oxygen atoms in total. The van der Waals surface area contributed by atoms with E-state index in [1.54, 1.807) is 13.8 Å². The first-order chi connectivity index (χ1) is 9.48. The van der Waals surface area contributed by atoms with Gasteiger partial charge in [0.1, 0.15) is 0 Å². The first kappa shape index (κ1) is 19.6. The van der Waals surface area contributed by atoms with E-state index in [2.05, 4.69) is 47.8 Å². The molecule has 0 aromatic heterocycles. The van der Waals surface area contributed by atoms with Gasteiger partial charge in [0.15, 0.2) is 0 Å². The second kappa shape index (κ2) is 6.96. The Hall–Kier alpha value is 0.520. The van der Waals surface area contributed by atoms with Crippen LogP contribution in [-0.4, -0.2) is 35.7 Å². The molecule has 0 aliphatic heterocycles. The van der Waals surface area contributed by atoms with Crippen LogP contribution in [0.3, 0.4) is 0 Å². The Morgan fingerprint density at radius 3 is 1.62 bits per heavy atom. The highest BCUT2D eigenvalue weighted by atomic mass is 80.0. The molecule has 1 rings (SSSR count). The summed E-state index contributed by atoms with van der Waals surface area (Å²) < 4.78 is 48.7. The molecule has 0 atom stereocenters. The number of rotatable bonds is 5. The predicted octanol–water partition coefficient (Wildman–Crippen LogP) is 3.29. The number of alkyl halides is 3. The Kier molecular flexibility index (Phi) is 6.48. The maximum atomic E-state index is 12.3. The lowest BCUT2D eigenvalue weighted by molar-refractivity contribution is 0.445. The molecular weight excluding hydrogens is 514 g/mol. The van der Waals surface area contributed by atoms with Gasteiger partial charge in [0, 0.05) is 13.1 Å². The zero-order valence-corrected chi connectivity index (χ0v) is 17.6. The molecule has 0 aliphatic rings. The van der Waals surface area contributed by atoms with Gasteiger partial charge in [0.25, 0.3) is 0 Å². The third kappa shape index (κ3) is 4.08. The molecule has 0 N–H and O–H groups in total. The molecule has 0 bridgehead atoms. The smallest absolute Gasteiger partial charge is 0.220 e. The summed E-state index contributed by atoms with van der Waals surface area (Å²) in [5.41, 5.74) is 0. The van der Waals surface area contributed by atoms with Crippen LogP contribution >= 0.6 is 47.8 Å². The molecule has 10 heteroatoms. The Morgan fingerprint density at radius 1 is 0.905 bits per heavy atom. The van der Waals surface area contributed by atoms with Crippen LogP contribution in [0.15, 0.2) is 34.1 Å². The lowest BCUT2D eigenvalue weighted by atomic mass is 10.4. The topological polar surface area (TPSA) is 71.5 Å². The number of sulfone groups is 1. The van der Waals surface area contributed by atoms with E-state index in [4.69, 9.17) is 0 Å². The molecule has 0 unspecified atom stereocenters. The van der Waals surface area contributed by atoms with Crippen molar-refractivity contribution < 1.29 is 16.8 Å². The van der Waals surface area contributed by atoms with E-state index < -0.39 is 21.3 Å². The van der Waals surface area contributed by atoms with Crippen molar-refractivity contribution >= 4 is 67.7 Å². The summed E-state index contributed by atoms with van der Waals surface area (Å²) in [4.78, 5) is 0.0566. The van der Waals surface area contributed by atoms with E-state index in [1.165, 1.54) is 28.6 Å². The molecule has 0 fully saturated rings. The van der Waals surface area contributed by atoms with Gasteiger partial charge < -0.3 is 0 Å². The van der Waals surface area contributed by atoms with Crippen molar-refractivity contribution in [3.05, 3.63) is 24.3 Å². The van der Waals surface area contributed by atoms with Gasteiger partial charge in [-0.15, -0.1) is 0 Å². The van der Waals surface area contributed by atoms with Crippen LogP contribution in [0.2, 0.25) is 0 Å². The minimum Gasteiger partial charge on any atom is -0.220 e. The normalized spacial score (nSPS) is 13.6. The molecule has 0 amide bonds. The highest BCUT2D eigenvalue weighted by molar-refractivity contribution is 9.42. The summed E-state index contributed by atoms with van der Waals surface area (Å²) in [6.07, 6.45) is 0. The summed E-state index contributed by atoms with van der Waals surface area (Å²) in [5.74, 6) is 0. The average molecular weight is 528 g/mol. The second-order valence-corrected chi connectivity index (χ2v) is 16.4. The molecule has 21 heavy (non-hydrogen) atoms. The second-order valence-electron chi connectivity index (χ2n) is 4.01. The summed E-state index contributed by atoms with van der Waals surface area (Å²) in [6, 6.07) is 5.12. The van der Waals surface area contributed by atoms with Crippen LogP contribution in [0, 0.1) is 0 Å². The first-order valence-electron chi connectivity index (χ1n) is 5.90. The summed E-state index contributed by atoms with van der Waals surface area (Å²) >= 11 is 8.88. The van der Waals surface area contributed by atoms with Gasteiger partial charge in [-0.2, -0.15) is 4.31 Å². The number of nitrogens with zero attached hydrogens (tertiary/aromatic N) is 1. The molecule has 1 aromatic rings. The Balaban J connectivity index is 3.27. The molecule has 120 valence electrons. The van der Waals surface area contributed by atoms with Gasteiger partial charge in [0.2, 0.25) is 21.3 Å². The monoisotopic (exact) mass is 525 g/mol. The quantitative estimate of drug-likeness (QED) is 0.551. The van der Waals surface area contributed by atoms with Crippen molar-refractivity contribution in [1.29, 1.82) is 0 Å². The lowest BCUT2D eigenvalue weighted by Gasteiger charge is -2.19. The van der Waals surface area contributed by atoms with Crippen LogP contribution in [0.1, 0.15) is 13.8 Å². The highest BCUT2D eigenvalue weighted by Gasteiger charge is 2.37. The van der Waals surface area contributed by atoms with Crippen molar-refractivity contribution in [1.82, 2.24) is 4.31 Å². The van der Waals surface area contributed by atoms with Crippen molar-refractivity contribution in [3.63, 3.8) is 0 Å². The minimum absolute atomic E-state index is 0.00776. The lowest BCUT2D eigenvalue weighted by Crippen LogP contribution is -2.30. The molecule has 1 aromatic carbocycles. The van der Waals surface area contributed by atoms with E-state index in [-0.39, 0.29) is 9.79 Å². The third-order valence-electron chi connectivity index (χ3n) is 2.78. The Labute approximate surface area is 150 Å². The number of benzene rings is 1. The number of halogens is 3. The van der Waals surface area contributed by atoms with Gasteiger partial charge in [0.05, 0.1) is 9.79 Å². The number of hydrogen-bond acceptors (Lipinski definition) is 4. The molecule has 0 radical (unpaired) electrons. The van der Waals surface area contributed by atoms with Crippen molar-refractivity contribution in [2.24, 2.45) is 0 Å². The summed E-state index contributed by atoms with van der Waals surface area (Å²) in [7, 11) is -7.32. The van der Waals surface area contributed by atoms with Crippen LogP contribution < -0.4 is 0 Å². The van der Waals surface area contributed by atoms with E-state index in [0.717, 1.165) is 0 Å². The van der Waals surface area contributed by atoms with E-state index in [0.29, 0.717) is 13.1 Å². The Morgan fingerprint density at radius 2 is 1.29 bits per heavy atom. The van der Waals surface area contributed by atoms with Gasteiger partial charge in [-0.3, -0.25) is 0 Å². The van der Waals surface area contributed by atoms with Gasteiger partial charge in [-0.05, 0) is 72.1 Å². The van der Waals surface area contributed by atoms with Crippen molar-refractivity contribution in [3.8, 4) is 0 Å². The van der Waals surface area contributed by atoms with Gasteiger partial charge in [-0.1, -0.05) is 13.8 Å². The van der Waals surface area contributed by atoms with E-state index in [9.17, 15) is 16.8 Å². The molecule has 0 saturated carbocycles. The molecule has 0 spiro atoms. The summed E-state index contributed by atoms with van der Waals surface area (Å²) in [5, 5.41) is 0. The number of hydrogen-bond donors (Lipinski definition) is 0. The SMILES string of the molecule is CCN(CC)S(=O)(=O)c1ccc(S(=O)(=O)C(Br)(Br)Br)cc1. The van der Waals surface area contributed by atoms with Gasteiger partial charge in [-0.25, -0.2) is 16.8 Å². The molecular formula is C11H14Br3NO4S2. The van der Waals surface area contributed by atoms with Crippen molar-refractivity contribution in [2.75, 3.05) is 13.1 Å². The minimum atomic E-state index is -3.73. The predicted molar refractivity (Wildman–Crippen MR) is 93.2 cm³/mol. The van der Waals surface area contributed by atoms with Crippen LogP contribution in [-0.2, 0) is 19.9 Å². The molecule has 0 heterocycles. The van der Waals surface area contributed by atoms with Crippen LogP contribution in [0.4, 0.5) is 0 Å². The highest BCUT2D eigenvalue weighted by Crippen LogP contribution is 2.43. The largest absolute Gasteiger partial charge is 0.243 e. The fraction of sp³-hybridized carbons (Fsp3) is 0.455. The summed E-state index contributed by atoms with van der Waals surface area (Å²) in [6.45, 7) is 4.20.